The molecule has 5 heteroatoms. The third-order valence-electron chi connectivity index (χ3n) is 4.87. The summed E-state index contributed by atoms with van der Waals surface area (Å²) in [4.78, 5) is 7.23. The minimum atomic E-state index is -0.278. The fraction of sp³-hybridized carbons (Fsp3) is 1.00. The molecular weight excluding hydrogens is 225 g/mol. The van der Waals surface area contributed by atoms with Crippen LogP contribution in [0.25, 0.3) is 0 Å². The summed E-state index contributed by atoms with van der Waals surface area (Å²) in [6, 6.07) is 1.48. The standard InChI is InChI=1S/C13H28BN3O/c1-14(18)17-10-6-13(7-11-17)16(3)12-4-8-15(2)9-5-12/h12-13,18H,4-11H2,1-3H3. The van der Waals surface area contributed by atoms with Crippen molar-refractivity contribution < 1.29 is 5.02 Å². The van der Waals surface area contributed by atoms with Crippen molar-refractivity contribution in [2.75, 3.05) is 40.3 Å². The van der Waals surface area contributed by atoms with Crippen LogP contribution in [0, 0.1) is 0 Å². The van der Waals surface area contributed by atoms with Crippen LogP contribution >= 0.6 is 0 Å². The maximum atomic E-state index is 9.59. The maximum absolute atomic E-state index is 9.59. The Labute approximate surface area is 112 Å². The van der Waals surface area contributed by atoms with E-state index in [0.717, 1.165) is 19.1 Å². The van der Waals surface area contributed by atoms with E-state index in [2.05, 4.69) is 28.7 Å². The molecule has 0 atom stereocenters. The molecule has 2 rings (SSSR count). The van der Waals surface area contributed by atoms with E-state index in [4.69, 9.17) is 0 Å². The van der Waals surface area contributed by atoms with Crippen molar-refractivity contribution >= 4 is 7.05 Å². The number of rotatable bonds is 3. The second-order valence-corrected chi connectivity index (χ2v) is 6.10. The van der Waals surface area contributed by atoms with Gasteiger partial charge < -0.3 is 19.6 Å². The molecule has 4 nitrogen and oxygen atoms in total. The largest absolute Gasteiger partial charge is 0.437 e. The quantitative estimate of drug-likeness (QED) is 0.745. The van der Waals surface area contributed by atoms with E-state index < -0.39 is 0 Å². The van der Waals surface area contributed by atoms with E-state index in [9.17, 15) is 5.02 Å². The van der Waals surface area contributed by atoms with Gasteiger partial charge in [0.2, 0.25) is 0 Å². The van der Waals surface area contributed by atoms with E-state index in [-0.39, 0.29) is 7.05 Å². The van der Waals surface area contributed by atoms with Gasteiger partial charge in [-0.15, -0.1) is 0 Å². The third-order valence-corrected chi connectivity index (χ3v) is 4.87. The van der Waals surface area contributed by atoms with Crippen molar-refractivity contribution in [2.24, 2.45) is 0 Å². The average Bonchev–Trinajstić information content (AvgIpc) is 2.39. The molecular formula is C13H28BN3O. The van der Waals surface area contributed by atoms with Crippen LogP contribution in [0.4, 0.5) is 0 Å². The molecule has 0 spiro atoms. The van der Waals surface area contributed by atoms with Crippen LogP contribution in [0.2, 0.25) is 6.82 Å². The van der Waals surface area contributed by atoms with Gasteiger partial charge in [-0.05, 0) is 72.8 Å². The minimum absolute atomic E-state index is 0.278. The molecule has 0 bridgehead atoms. The molecule has 2 aliphatic rings. The molecule has 0 radical (unpaired) electrons. The first-order valence-corrected chi connectivity index (χ1v) is 7.40. The molecule has 2 aliphatic heterocycles. The third kappa shape index (κ3) is 3.47. The van der Waals surface area contributed by atoms with Gasteiger partial charge in [0.1, 0.15) is 0 Å². The summed E-state index contributed by atoms with van der Waals surface area (Å²) in [5.74, 6) is 0. The number of hydrogen-bond donors (Lipinski definition) is 1. The predicted molar refractivity (Wildman–Crippen MR) is 76.7 cm³/mol. The number of piperidine rings is 2. The summed E-state index contributed by atoms with van der Waals surface area (Å²) < 4.78 is 0. The Morgan fingerprint density at radius 1 is 1.00 bits per heavy atom. The predicted octanol–water partition coefficient (Wildman–Crippen LogP) is 0.587. The normalized spacial score (nSPS) is 25.8. The lowest BCUT2D eigenvalue weighted by Crippen LogP contribution is -2.52. The molecule has 0 aromatic heterocycles. The lowest BCUT2D eigenvalue weighted by Gasteiger charge is -2.43. The summed E-state index contributed by atoms with van der Waals surface area (Å²) in [5, 5.41) is 9.59. The summed E-state index contributed by atoms with van der Waals surface area (Å²) in [6.07, 6.45) is 5.02. The zero-order chi connectivity index (χ0) is 13.1. The Morgan fingerprint density at radius 2 is 1.44 bits per heavy atom. The maximum Gasteiger partial charge on any atom is 0.376 e. The first kappa shape index (κ1) is 14.3. The first-order valence-electron chi connectivity index (χ1n) is 7.40. The summed E-state index contributed by atoms with van der Waals surface area (Å²) in [7, 11) is 4.25. The van der Waals surface area contributed by atoms with E-state index in [0.29, 0.717) is 6.04 Å². The highest BCUT2D eigenvalue weighted by Gasteiger charge is 2.30. The molecule has 0 amide bonds. The van der Waals surface area contributed by atoms with Crippen LogP contribution in [-0.4, -0.2) is 79.0 Å². The number of likely N-dealkylation sites (tertiary alicyclic amines) is 1. The van der Waals surface area contributed by atoms with Crippen LogP contribution < -0.4 is 0 Å². The van der Waals surface area contributed by atoms with Crippen LogP contribution in [0.1, 0.15) is 25.7 Å². The molecule has 0 aromatic rings. The van der Waals surface area contributed by atoms with Crippen LogP contribution in [0.15, 0.2) is 0 Å². The molecule has 2 heterocycles. The van der Waals surface area contributed by atoms with Gasteiger partial charge in [-0.1, -0.05) is 0 Å². The van der Waals surface area contributed by atoms with Crippen molar-refractivity contribution in [2.45, 2.75) is 44.6 Å². The van der Waals surface area contributed by atoms with E-state index in [1.807, 2.05) is 6.82 Å². The lowest BCUT2D eigenvalue weighted by atomic mass is 9.82. The van der Waals surface area contributed by atoms with Crippen LogP contribution in [0.5, 0.6) is 0 Å². The van der Waals surface area contributed by atoms with E-state index >= 15 is 0 Å². The van der Waals surface area contributed by atoms with Crippen molar-refractivity contribution in [3.63, 3.8) is 0 Å². The second-order valence-electron chi connectivity index (χ2n) is 6.10. The molecule has 0 aliphatic carbocycles. The highest BCUT2D eigenvalue weighted by molar-refractivity contribution is 6.45. The molecule has 0 saturated carbocycles. The van der Waals surface area contributed by atoms with Gasteiger partial charge in [0.15, 0.2) is 0 Å². The zero-order valence-corrected chi connectivity index (χ0v) is 12.2. The molecule has 0 aromatic carbocycles. The van der Waals surface area contributed by atoms with E-state index in [1.165, 1.54) is 38.8 Å². The highest BCUT2D eigenvalue weighted by Crippen LogP contribution is 2.22. The van der Waals surface area contributed by atoms with Gasteiger partial charge in [0.25, 0.3) is 0 Å². The Balaban J connectivity index is 1.78. The van der Waals surface area contributed by atoms with Gasteiger partial charge in [0, 0.05) is 12.1 Å². The summed E-state index contributed by atoms with van der Waals surface area (Å²) in [6.45, 7) is 6.43. The Kier molecular flexibility index (Phi) is 5.07. The monoisotopic (exact) mass is 253 g/mol. The Bertz CT molecular complexity index is 249. The molecule has 104 valence electrons. The number of nitrogens with zero attached hydrogens (tertiary/aromatic N) is 3. The van der Waals surface area contributed by atoms with Gasteiger partial charge >= 0.3 is 7.05 Å². The Hall–Kier alpha value is -0.0951. The molecule has 1 N–H and O–H groups in total. The zero-order valence-electron chi connectivity index (χ0n) is 12.2. The Morgan fingerprint density at radius 3 is 1.89 bits per heavy atom. The topological polar surface area (TPSA) is 30.0 Å². The van der Waals surface area contributed by atoms with Crippen LogP contribution in [0.3, 0.4) is 0 Å². The van der Waals surface area contributed by atoms with E-state index in [1.54, 1.807) is 0 Å². The molecule has 0 unspecified atom stereocenters. The molecule has 2 saturated heterocycles. The highest BCUT2D eigenvalue weighted by atomic mass is 16.2. The fourth-order valence-electron chi connectivity index (χ4n) is 3.37. The second kappa shape index (κ2) is 6.37. The SMILES string of the molecule is CB(O)N1CCC(N(C)C2CCN(C)CC2)CC1. The van der Waals surface area contributed by atoms with Gasteiger partial charge in [-0.2, -0.15) is 0 Å². The van der Waals surface area contributed by atoms with Crippen molar-refractivity contribution in [3.05, 3.63) is 0 Å². The number of hydrogen-bond acceptors (Lipinski definition) is 4. The smallest absolute Gasteiger partial charge is 0.376 e. The van der Waals surface area contributed by atoms with Crippen molar-refractivity contribution in [1.29, 1.82) is 0 Å². The van der Waals surface area contributed by atoms with Gasteiger partial charge in [-0.3, -0.25) is 0 Å². The van der Waals surface area contributed by atoms with Gasteiger partial charge in [0.05, 0.1) is 0 Å². The molecule has 18 heavy (non-hydrogen) atoms. The lowest BCUT2D eigenvalue weighted by molar-refractivity contribution is 0.0786. The van der Waals surface area contributed by atoms with Crippen molar-refractivity contribution in [1.82, 2.24) is 14.6 Å². The molecule has 2 fully saturated rings. The minimum Gasteiger partial charge on any atom is -0.437 e. The fourth-order valence-corrected chi connectivity index (χ4v) is 3.37. The average molecular weight is 253 g/mol. The first-order chi connectivity index (χ1) is 8.58. The summed E-state index contributed by atoms with van der Waals surface area (Å²) in [5.41, 5.74) is 0. The van der Waals surface area contributed by atoms with Crippen LogP contribution in [-0.2, 0) is 0 Å². The summed E-state index contributed by atoms with van der Waals surface area (Å²) >= 11 is 0. The van der Waals surface area contributed by atoms with Crippen molar-refractivity contribution in [3.8, 4) is 0 Å². The van der Waals surface area contributed by atoms with Gasteiger partial charge in [-0.25, -0.2) is 0 Å².